The molecule has 0 spiro atoms. The van der Waals surface area contributed by atoms with Crippen molar-refractivity contribution in [1.29, 1.82) is 0 Å². The molecule has 0 saturated heterocycles. The first-order chi connectivity index (χ1) is 19.5. The summed E-state index contributed by atoms with van der Waals surface area (Å²) in [6.45, 7) is 0.449. The summed E-state index contributed by atoms with van der Waals surface area (Å²) in [5.74, 6) is 0.801. The van der Waals surface area contributed by atoms with Crippen LogP contribution in [0.15, 0.2) is 94.3 Å². The maximum Gasteiger partial charge on any atom is 0.223 e. The lowest BCUT2D eigenvalue weighted by molar-refractivity contribution is -0.121. The second-order valence-corrected chi connectivity index (χ2v) is 9.56. The summed E-state index contributed by atoms with van der Waals surface area (Å²) in [7, 11) is 1.62. The van der Waals surface area contributed by atoms with Gasteiger partial charge in [0.2, 0.25) is 11.8 Å². The van der Waals surface area contributed by atoms with Gasteiger partial charge in [-0.1, -0.05) is 48.5 Å². The van der Waals surface area contributed by atoms with Crippen LogP contribution in [0.2, 0.25) is 0 Å². The molecular formula is C32H26N2O6. The van der Waals surface area contributed by atoms with Crippen LogP contribution in [0, 0.1) is 0 Å². The molecule has 1 aliphatic heterocycles. The highest BCUT2D eigenvalue weighted by Crippen LogP contribution is 2.49. The van der Waals surface area contributed by atoms with Gasteiger partial charge in [0, 0.05) is 53.9 Å². The standard InChI is InChI=1S/C32H26N2O6/c1-38-21-11-9-19(10-12-21)13-15-33-28(37)16-23-22-8-5-14-34-32(22)40-27-18-25(36)30-24(35)17-26(39-31(30)29(23)27)20-6-3-2-4-7-20/h2-12,14,17-18,23,36H,13,15-16H2,1H3,(H,33,37)/t23-/m0/s1. The first kappa shape index (κ1) is 25.2. The summed E-state index contributed by atoms with van der Waals surface area (Å²) in [5.41, 5.74) is 2.80. The molecule has 0 bridgehead atoms. The van der Waals surface area contributed by atoms with Gasteiger partial charge in [-0.15, -0.1) is 0 Å². The van der Waals surface area contributed by atoms with E-state index in [1.54, 1.807) is 19.4 Å². The van der Waals surface area contributed by atoms with E-state index in [9.17, 15) is 14.7 Å². The van der Waals surface area contributed by atoms with Crippen molar-refractivity contribution < 1.29 is 23.8 Å². The van der Waals surface area contributed by atoms with Gasteiger partial charge in [-0.05, 0) is 30.2 Å². The third-order valence-electron chi connectivity index (χ3n) is 7.06. The van der Waals surface area contributed by atoms with Crippen LogP contribution in [0.3, 0.4) is 0 Å². The zero-order chi connectivity index (χ0) is 27.6. The van der Waals surface area contributed by atoms with Crippen molar-refractivity contribution in [3.8, 4) is 34.5 Å². The van der Waals surface area contributed by atoms with Crippen LogP contribution in [-0.4, -0.2) is 29.7 Å². The Hall–Kier alpha value is -5.11. The molecule has 0 unspecified atom stereocenters. The van der Waals surface area contributed by atoms with E-state index >= 15 is 0 Å². The fraction of sp³-hybridized carbons (Fsp3) is 0.156. The Morgan fingerprint density at radius 1 is 1.05 bits per heavy atom. The van der Waals surface area contributed by atoms with Gasteiger partial charge in [-0.2, -0.15) is 0 Å². The van der Waals surface area contributed by atoms with Gasteiger partial charge in [-0.25, -0.2) is 4.98 Å². The maximum atomic E-state index is 13.2. The fourth-order valence-corrected chi connectivity index (χ4v) is 5.09. The number of hydrogen-bond donors (Lipinski definition) is 2. The van der Waals surface area contributed by atoms with Gasteiger partial charge in [0.1, 0.15) is 34.0 Å². The number of rotatable bonds is 7. The van der Waals surface area contributed by atoms with Crippen LogP contribution in [0.25, 0.3) is 22.3 Å². The molecule has 8 heteroatoms. The molecule has 0 radical (unpaired) electrons. The number of benzene rings is 3. The maximum absolute atomic E-state index is 13.2. The number of fused-ring (bicyclic) bond motifs is 4. The monoisotopic (exact) mass is 534 g/mol. The molecule has 200 valence electrons. The first-order valence-electron chi connectivity index (χ1n) is 12.9. The minimum absolute atomic E-state index is 0.0410. The topological polar surface area (TPSA) is 111 Å². The Morgan fingerprint density at radius 3 is 2.62 bits per heavy atom. The van der Waals surface area contributed by atoms with Crippen LogP contribution in [0.5, 0.6) is 23.1 Å². The second kappa shape index (κ2) is 10.6. The zero-order valence-corrected chi connectivity index (χ0v) is 21.7. The molecule has 0 fully saturated rings. The number of carbonyl (C=O) groups is 1. The number of phenolic OH excluding ortho intramolecular Hbond substituents is 1. The van der Waals surface area contributed by atoms with Gasteiger partial charge < -0.3 is 24.3 Å². The molecule has 2 aromatic heterocycles. The molecule has 1 aliphatic rings. The molecule has 3 heterocycles. The van der Waals surface area contributed by atoms with Crippen molar-refractivity contribution in [1.82, 2.24) is 10.3 Å². The van der Waals surface area contributed by atoms with Crippen molar-refractivity contribution >= 4 is 16.9 Å². The predicted octanol–water partition coefficient (Wildman–Crippen LogP) is 5.56. The van der Waals surface area contributed by atoms with Gasteiger partial charge in [0.15, 0.2) is 5.43 Å². The number of ether oxygens (including phenoxy) is 2. The number of aromatic nitrogens is 1. The van der Waals surface area contributed by atoms with Crippen molar-refractivity contribution in [3.63, 3.8) is 0 Å². The average molecular weight is 535 g/mol. The number of nitrogens with zero attached hydrogens (tertiary/aromatic N) is 1. The van der Waals surface area contributed by atoms with Crippen molar-refractivity contribution in [2.45, 2.75) is 18.8 Å². The lowest BCUT2D eigenvalue weighted by atomic mass is 9.85. The third-order valence-corrected chi connectivity index (χ3v) is 7.06. The van der Waals surface area contributed by atoms with Crippen molar-refractivity contribution in [3.05, 3.63) is 112 Å². The van der Waals surface area contributed by atoms with E-state index in [1.807, 2.05) is 60.7 Å². The van der Waals surface area contributed by atoms with Gasteiger partial charge in [0.05, 0.1) is 7.11 Å². The smallest absolute Gasteiger partial charge is 0.223 e. The molecule has 5 aromatic rings. The minimum Gasteiger partial charge on any atom is -0.507 e. The van der Waals surface area contributed by atoms with Gasteiger partial charge in [0.25, 0.3) is 0 Å². The predicted molar refractivity (Wildman–Crippen MR) is 150 cm³/mol. The van der Waals surface area contributed by atoms with Crippen LogP contribution >= 0.6 is 0 Å². The van der Waals surface area contributed by atoms with E-state index in [0.717, 1.165) is 11.3 Å². The lowest BCUT2D eigenvalue weighted by Gasteiger charge is -2.28. The minimum atomic E-state index is -0.522. The Morgan fingerprint density at radius 2 is 1.85 bits per heavy atom. The molecule has 3 aromatic carbocycles. The molecule has 1 amide bonds. The second-order valence-electron chi connectivity index (χ2n) is 9.56. The van der Waals surface area contributed by atoms with Crippen molar-refractivity contribution in [2.75, 3.05) is 13.7 Å². The van der Waals surface area contributed by atoms with E-state index in [0.29, 0.717) is 47.0 Å². The summed E-state index contributed by atoms with van der Waals surface area (Å²) in [5, 5.41) is 13.8. The number of pyridine rings is 1. The molecule has 1 atom stereocenters. The number of carbonyl (C=O) groups excluding carboxylic acids is 1. The Balaban J connectivity index is 1.36. The summed E-state index contributed by atoms with van der Waals surface area (Å²) in [6.07, 6.45) is 2.32. The Bertz CT molecular complexity index is 1760. The number of aromatic hydroxyl groups is 1. The highest BCUT2D eigenvalue weighted by molar-refractivity contribution is 5.91. The number of methoxy groups -OCH3 is 1. The van der Waals surface area contributed by atoms with Gasteiger partial charge >= 0.3 is 0 Å². The quantitative estimate of drug-likeness (QED) is 0.281. The first-order valence-corrected chi connectivity index (χ1v) is 12.9. The van der Waals surface area contributed by atoms with E-state index in [4.69, 9.17) is 13.9 Å². The molecule has 0 saturated carbocycles. The lowest BCUT2D eigenvalue weighted by Crippen LogP contribution is -2.28. The normalized spacial score (nSPS) is 13.7. The fourth-order valence-electron chi connectivity index (χ4n) is 5.09. The number of phenols is 1. The van der Waals surface area contributed by atoms with E-state index in [1.165, 1.54) is 12.1 Å². The van der Waals surface area contributed by atoms with Crippen LogP contribution in [-0.2, 0) is 11.2 Å². The van der Waals surface area contributed by atoms with E-state index < -0.39 is 5.92 Å². The Labute approximate surface area is 229 Å². The average Bonchev–Trinajstić information content (AvgIpc) is 2.97. The highest BCUT2D eigenvalue weighted by Gasteiger charge is 2.34. The third kappa shape index (κ3) is 4.75. The van der Waals surface area contributed by atoms with Crippen LogP contribution in [0.4, 0.5) is 0 Å². The summed E-state index contributed by atoms with van der Waals surface area (Å²) < 4.78 is 17.5. The molecule has 0 aliphatic carbocycles. The van der Waals surface area contributed by atoms with Crippen LogP contribution in [0.1, 0.15) is 29.0 Å². The molecular weight excluding hydrogens is 508 g/mol. The largest absolute Gasteiger partial charge is 0.507 e. The number of nitrogens with one attached hydrogen (secondary N) is 1. The zero-order valence-electron chi connectivity index (χ0n) is 21.7. The molecule has 2 N–H and O–H groups in total. The summed E-state index contributed by atoms with van der Waals surface area (Å²) in [4.78, 5) is 30.8. The Kier molecular flexibility index (Phi) is 6.66. The SMILES string of the molecule is COc1ccc(CCNC(=O)C[C@H]2c3cccnc3Oc3cc(O)c4c(=O)cc(-c5ccccc5)oc4c32)cc1. The number of hydrogen-bond acceptors (Lipinski definition) is 7. The number of amides is 1. The van der Waals surface area contributed by atoms with Crippen LogP contribution < -0.4 is 20.2 Å². The highest BCUT2D eigenvalue weighted by atomic mass is 16.5. The van der Waals surface area contributed by atoms with Crippen molar-refractivity contribution in [2.24, 2.45) is 0 Å². The molecule has 6 rings (SSSR count). The van der Waals surface area contributed by atoms with E-state index in [-0.39, 0.29) is 34.5 Å². The summed E-state index contributed by atoms with van der Waals surface area (Å²) in [6, 6.07) is 23.3. The van der Waals surface area contributed by atoms with E-state index in [2.05, 4.69) is 10.3 Å². The van der Waals surface area contributed by atoms with Gasteiger partial charge in [-0.3, -0.25) is 9.59 Å². The summed E-state index contributed by atoms with van der Waals surface area (Å²) >= 11 is 0. The molecule has 40 heavy (non-hydrogen) atoms. The molecule has 8 nitrogen and oxygen atoms in total.